The van der Waals surface area contributed by atoms with E-state index in [1.54, 1.807) is 6.92 Å². The predicted octanol–water partition coefficient (Wildman–Crippen LogP) is 0.327. The molecule has 0 radical (unpaired) electrons. The Morgan fingerprint density at radius 3 is 2.35 bits per heavy atom. The van der Waals surface area contributed by atoms with Gasteiger partial charge in [0.2, 0.25) is 11.8 Å². The summed E-state index contributed by atoms with van der Waals surface area (Å²) in [6, 6.07) is -1.07. The molecule has 116 valence electrons. The van der Waals surface area contributed by atoms with Gasteiger partial charge < -0.3 is 10.2 Å². The van der Waals surface area contributed by atoms with E-state index in [9.17, 15) is 18.0 Å². The first-order chi connectivity index (χ1) is 9.36. The van der Waals surface area contributed by atoms with E-state index < -0.39 is 21.9 Å². The molecule has 0 aliphatic carbocycles. The van der Waals surface area contributed by atoms with Crippen LogP contribution in [-0.2, 0) is 19.4 Å². The molecule has 0 aromatic rings. The van der Waals surface area contributed by atoms with Gasteiger partial charge in [0.25, 0.3) is 0 Å². The summed E-state index contributed by atoms with van der Waals surface area (Å²) in [4.78, 5) is 25.8. The molecule has 1 saturated heterocycles. The predicted molar refractivity (Wildman–Crippen MR) is 77.0 cm³/mol. The van der Waals surface area contributed by atoms with Gasteiger partial charge in [0, 0.05) is 12.3 Å². The van der Waals surface area contributed by atoms with Crippen molar-refractivity contribution in [2.75, 3.05) is 18.1 Å². The molecular weight excluding hydrogens is 280 g/mol. The molecule has 0 spiro atoms. The maximum atomic E-state index is 12.3. The minimum Gasteiger partial charge on any atom is -0.343 e. The Bertz CT molecular complexity index is 461. The Morgan fingerprint density at radius 1 is 1.20 bits per heavy atom. The zero-order valence-electron chi connectivity index (χ0n) is 12.4. The lowest BCUT2D eigenvalue weighted by atomic mass is 10.0. The summed E-state index contributed by atoms with van der Waals surface area (Å²) in [6.07, 6.45) is 1.83. The van der Waals surface area contributed by atoms with Crippen LogP contribution in [0.5, 0.6) is 0 Å². The third-order valence-electron chi connectivity index (χ3n) is 3.63. The standard InChI is InChI=1S/C13H24N2O4S/c1-4-7-11-12(16)14-10(5-2)13(17)15(11)8-9-20(18,19)6-3/h10-11H,4-9H2,1-3H3,(H,14,16). The van der Waals surface area contributed by atoms with Gasteiger partial charge in [-0.1, -0.05) is 27.2 Å². The number of carbonyl (C=O) groups is 2. The monoisotopic (exact) mass is 304 g/mol. The van der Waals surface area contributed by atoms with E-state index in [-0.39, 0.29) is 29.9 Å². The molecule has 6 nitrogen and oxygen atoms in total. The lowest BCUT2D eigenvalue weighted by Gasteiger charge is -2.38. The van der Waals surface area contributed by atoms with Crippen molar-refractivity contribution in [1.82, 2.24) is 10.2 Å². The van der Waals surface area contributed by atoms with Crippen molar-refractivity contribution in [3.8, 4) is 0 Å². The smallest absolute Gasteiger partial charge is 0.245 e. The maximum Gasteiger partial charge on any atom is 0.245 e. The fraction of sp³-hybridized carbons (Fsp3) is 0.846. The van der Waals surface area contributed by atoms with Gasteiger partial charge in [-0.15, -0.1) is 0 Å². The average Bonchev–Trinajstić information content (AvgIpc) is 2.42. The number of nitrogens with one attached hydrogen (secondary N) is 1. The van der Waals surface area contributed by atoms with Crippen LogP contribution in [0.2, 0.25) is 0 Å². The molecule has 1 aliphatic heterocycles. The van der Waals surface area contributed by atoms with Crippen molar-refractivity contribution in [3.05, 3.63) is 0 Å². The summed E-state index contributed by atoms with van der Waals surface area (Å²) in [5.74, 6) is -0.375. The molecule has 2 amide bonds. The zero-order chi connectivity index (χ0) is 15.3. The normalized spacial score (nSPS) is 23.9. The lowest BCUT2D eigenvalue weighted by Crippen LogP contribution is -2.63. The van der Waals surface area contributed by atoms with Gasteiger partial charge in [-0.05, 0) is 12.8 Å². The first-order valence-electron chi connectivity index (χ1n) is 7.17. The fourth-order valence-corrected chi connectivity index (χ4v) is 3.07. The van der Waals surface area contributed by atoms with E-state index in [2.05, 4.69) is 5.32 Å². The number of carbonyl (C=O) groups excluding carboxylic acids is 2. The highest BCUT2D eigenvalue weighted by atomic mass is 32.2. The summed E-state index contributed by atoms with van der Waals surface area (Å²) in [7, 11) is -3.15. The fourth-order valence-electron chi connectivity index (χ4n) is 2.31. The average molecular weight is 304 g/mol. The molecule has 2 atom stereocenters. The van der Waals surface area contributed by atoms with E-state index in [4.69, 9.17) is 0 Å². The second kappa shape index (κ2) is 7.06. The summed E-state index contributed by atoms with van der Waals surface area (Å²) >= 11 is 0. The van der Waals surface area contributed by atoms with Crippen molar-refractivity contribution in [1.29, 1.82) is 0 Å². The summed E-state index contributed by atoms with van der Waals surface area (Å²) < 4.78 is 23.2. The van der Waals surface area contributed by atoms with Crippen LogP contribution in [0.3, 0.4) is 0 Å². The van der Waals surface area contributed by atoms with Crippen molar-refractivity contribution < 1.29 is 18.0 Å². The second-order valence-corrected chi connectivity index (χ2v) is 7.51. The number of hydrogen-bond donors (Lipinski definition) is 1. The van der Waals surface area contributed by atoms with Crippen LogP contribution >= 0.6 is 0 Å². The molecule has 0 bridgehead atoms. The molecule has 1 N–H and O–H groups in total. The van der Waals surface area contributed by atoms with E-state index in [0.29, 0.717) is 12.8 Å². The molecule has 7 heteroatoms. The number of hydrogen-bond acceptors (Lipinski definition) is 4. The van der Waals surface area contributed by atoms with Gasteiger partial charge in [-0.25, -0.2) is 8.42 Å². The molecule has 2 unspecified atom stereocenters. The molecule has 0 aromatic heterocycles. The molecule has 20 heavy (non-hydrogen) atoms. The number of rotatable bonds is 7. The van der Waals surface area contributed by atoms with Crippen LogP contribution < -0.4 is 5.32 Å². The Morgan fingerprint density at radius 2 is 1.85 bits per heavy atom. The van der Waals surface area contributed by atoms with Crippen LogP contribution in [0.1, 0.15) is 40.0 Å². The van der Waals surface area contributed by atoms with Crippen LogP contribution in [0.4, 0.5) is 0 Å². The third-order valence-corrected chi connectivity index (χ3v) is 5.31. The molecule has 0 aromatic carbocycles. The van der Waals surface area contributed by atoms with Crippen LogP contribution in [-0.4, -0.2) is 55.3 Å². The highest BCUT2D eigenvalue weighted by Gasteiger charge is 2.39. The Kier molecular flexibility index (Phi) is 5.98. The highest BCUT2D eigenvalue weighted by molar-refractivity contribution is 7.91. The van der Waals surface area contributed by atoms with Crippen molar-refractivity contribution in [2.45, 2.75) is 52.1 Å². The Hall–Kier alpha value is -1.11. The number of sulfone groups is 1. The quantitative estimate of drug-likeness (QED) is 0.734. The van der Waals surface area contributed by atoms with Crippen LogP contribution in [0.15, 0.2) is 0 Å². The Balaban J connectivity index is 2.88. The molecular formula is C13H24N2O4S. The van der Waals surface area contributed by atoms with Gasteiger partial charge >= 0.3 is 0 Å². The van der Waals surface area contributed by atoms with Gasteiger partial charge in [0.05, 0.1) is 5.75 Å². The van der Waals surface area contributed by atoms with Crippen LogP contribution in [0.25, 0.3) is 0 Å². The van der Waals surface area contributed by atoms with Gasteiger partial charge in [-0.3, -0.25) is 9.59 Å². The molecule has 1 rings (SSSR count). The topological polar surface area (TPSA) is 83.6 Å². The lowest BCUT2D eigenvalue weighted by molar-refractivity contribution is -0.149. The number of amides is 2. The highest BCUT2D eigenvalue weighted by Crippen LogP contribution is 2.16. The van der Waals surface area contributed by atoms with Crippen LogP contribution in [0, 0.1) is 0 Å². The number of piperazine rings is 1. The minimum atomic E-state index is -3.15. The molecule has 1 aliphatic rings. The second-order valence-electron chi connectivity index (χ2n) is 5.04. The van der Waals surface area contributed by atoms with Crippen molar-refractivity contribution >= 4 is 21.7 Å². The summed E-state index contributed by atoms with van der Waals surface area (Å²) in [5, 5.41) is 2.71. The first-order valence-corrected chi connectivity index (χ1v) is 8.99. The molecule has 0 saturated carbocycles. The Labute approximate surface area is 120 Å². The number of nitrogens with zero attached hydrogens (tertiary/aromatic N) is 1. The molecule has 1 heterocycles. The largest absolute Gasteiger partial charge is 0.343 e. The van der Waals surface area contributed by atoms with Gasteiger partial charge in [0.1, 0.15) is 12.1 Å². The zero-order valence-corrected chi connectivity index (χ0v) is 13.2. The molecule has 1 fully saturated rings. The van der Waals surface area contributed by atoms with E-state index in [1.807, 2.05) is 13.8 Å². The van der Waals surface area contributed by atoms with Gasteiger partial charge in [-0.2, -0.15) is 0 Å². The van der Waals surface area contributed by atoms with Crippen molar-refractivity contribution in [3.63, 3.8) is 0 Å². The van der Waals surface area contributed by atoms with Gasteiger partial charge in [0.15, 0.2) is 9.84 Å². The van der Waals surface area contributed by atoms with E-state index in [1.165, 1.54) is 4.90 Å². The summed E-state index contributed by atoms with van der Waals surface area (Å²) in [5.41, 5.74) is 0. The summed E-state index contributed by atoms with van der Waals surface area (Å²) in [6.45, 7) is 5.44. The first kappa shape index (κ1) is 16.9. The minimum absolute atomic E-state index is 0.0525. The third kappa shape index (κ3) is 3.94. The van der Waals surface area contributed by atoms with E-state index >= 15 is 0 Å². The maximum absolute atomic E-state index is 12.3. The van der Waals surface area contributed by atoms with E-state index in [0.717, 1.165) is 6.42 Å². The SMILES string of the molecule is CCCC1C(=O)NC(CC)C(=O)N1CCS(=O)(=O)CC. The van der Waals surface area contributed by atoms with Crippen molar-refractivity contribution in [2.24, 2.45) is 0 Å².